The summed E-state index contributed by atoms with van der Waals surface area (Å²) in [6.45, 7) is 6.93. The molecule has 138 valence electrons. The van der Waals surface area contributed by atoms with E-state index < -0.39 is 0 Å². The van der Waals surface area contributed by atoms with Crippen molar-refractivity contribution in [2.75, 3.05) is 29.9 Å². The van der Waals surface area contributed by atoms with Gasteiger partial charge in [-0.15, -0.1) is 0 Å². The summed E-state index contributed by atoms with van der Waals surface area (Å²) in [7, 11) is 0. The van der Waals surface area contributed by atoms with Crippen LogP contribution in [0.1, 0.15) is 38.7 Å². The van der Waals surface area contributed by atoms with Gasteiger partial charge in [0.25, 0.3) is 0 Å². The highest BCUT2D eigenvalue weighted by Gasteiger charge is 2.38. The molecule has 1 aliphatic rings. The van der Waals surface area contributed by atoms with Crippen LogP contribution in [0.25, 0.3) is 0 Å². The topological polar surface area (TPSA) is 44.4 Å². The van der Waals surface area contributed by atoms with E-state index in [9.17, 15) is 4.79 Å². The lowest BCUT2D eigenvalue weighted by Crippen LogP contribution is -2.46. The molecule has 0 radical (unpaired) electrons. The molecule has 0 saturated heterocycles. The number of amides is 2. The zero-order valence-corrected chi connectivity index (χ0v) is 15.8. The van der Waals surface area contributed by atoms with Crippen molar-refractivity contribution in [3.05, 3.63) is 60.2 Å². The third-order valence-corrected chi connectivity index (χ3v) is 5.54. The molecule has 2 amide bonds. The number of urea groups is 1. The number of hydrogen-bond acceptors (Lipinski definition) is 2. The number of benzene rings is 2. The van der Waals surface area contributed by atoms with Crippen LogP contribution in [0.4, 0.5) is 16.2 Å². The Morgan fingerprint density at radius 1 is 1.00 bits per heavy atom. The molecule has 0 heterocycles. The summed E-state index contributed by atoms with van der Waals surface area (Å²) in [5.74, 6) is 0. The lowest BCUT2D eigenvalue weighted by Gasteiger charge is -2.42. The van der Waals surface area contributed by atoms with Gasteiger partial charge in [-0.1, -0.05) is 36.8 Å². The minimum atomic E-state index is -0.136. The van der Waals surface area contributed by atoms with Gasteiger partial charge in [0.1, 0.15) is 0 Å². The first kappa shape index (κ1) is 18.3. The van der Waals surface area contributed by atoms with E-state index in [4.69, 9.17) is 0 Å². The van der Waals surface area contributed by atoms with E-state index in [-0.39, 0.29) is 11.4 Å². The highest BCUT2D eigenvalue weighted by molar-refractivity contribution is 5.89. The monoisotopic (exact) mass is 351 g/mol. The van der Waals surface area contributed by atoms with Gasteiger partial charge in [0, 0.05) is 36.4 Å². The van der Waals surface area contributed by atoms with Gasteiger partial charge >= 0.3 is 6.03 Å². The first-order chi connectivity index (χ1) is 12.7. The van der Waals surface area contributed by atoms with E-state index in [2.05, 4.69) is 65.8 Å². The number of nitrogens with zero attached hydrogens (tertiary/aromatic N) is 1. The van der Waals surface area contributed by atoms with Gasteiger partial charge in [-0.3, -0.25) is 0 Å². The van der Waals surface area contributed by atoms with Crippen LogP contribution in [-0.2, 0) is 5.41 Å². The van der Waals surface area contributed by atoms with Crippen molar-refractivity contribution in [3.63, 3.8) is 0 Å². The largest absolute Gasteiger partial charge is 0.372 e. The molecule has 4 nitrogen and oxygen atoms in total. The second-order valence-electron chi connectivity index (χ2n) is 7.03. The Morgan fingerprint density at radius 3 is 2.19 bits per heavy atom. The molecule has 0 unspecified atom stereocenters. The normalized spacial score (nSPS) is 15.0. The molecule has 4 heteroatoms. The molecule has 26 heavy (non-hydrogen) atoms. The molecule has 1 fully saturated rings. The van der Waals surface area contributed by atoms with Crippen LogP contribution in [0, 0.1) is 0 Å². The second-order valence-corrected chi connectivity index (χ2v) is 7.03. The zero-order chi connectivity index (χ0) is 18.4. The average molecular weight is 351 g/mol. The predicted molar refractivity (Wildman–Crippen MR) is 109 cm³/mol. The van der Waals surface area contributed by atoms with E-state index >= 15 is 0 Å². The van der Waals surface area contributed by atoms with Gasteiger partial charge in [0.05, 0.1) is 0 Å². The molecular formula is C22H29N3O. The Kier molecular flexibility index (Phi) is 5.82. The van der Waals surface area contributed by atoms with Crippen LogP contribution >= 0.6 is 0 Å². The predicted octanol–water partition coefficient (Wildman–Crippen LogP) is 4.78. The van der Waals surface area contributed by atoms with Crippen molar-refractivity contribution in [1.82, 2.24) is 5.32 Å². The third kappa shape index (κ3) is 4.01. The zero-order valence-electron chi connectivity index (χ0n) is 15.8. The Bertz CT molecular complexity index is 704. The Morgan fingerprint density at radius 2 is 1.65 bits per heavy atom. The molecule has 0 bridgehead atoms. The van der Waals surface area contributed by atoms with Crippen LogP contribution < -0.4 is 15.5 Å². The van der Waals surface area contributed by atoms with E-state index in [1.165, 1.54) is 17.7 Å². The summed E-state index contributed by atoms with van der Waals surface area (Å²) >= 11 is 0. The fraction of sp³-hybridized carbons (Fsp3) is 0.409. The minimum Gasteiger partial charge on any atom is -0.372 e. The number of nitrogens with one attached hydrogen (secondary N) is 2. The van der Waals surface area contributed by atoms with Gasteiger partial charge in [-0.05, 0) is 56.5 Å². The Balaban J connectivity index is 1.56. The van der Waals surface area contributed by atoms with Crippen LogP contribution in [0.2, 0.25) is 0 Å². The first-order valence-electron chi connectivity index (χ1n) is 9.62. The average Bonchev–Trinajstić information content (AvgIpc) is 2.64. The van der Waals surface area contributed by atoms with Crippen molar-refractivity contribution >= 4 is 17.4 Å². The maximum absolute atomic E-state index is 12.3. The van der Waals surface area contributed by atoms with E-state index in [0.29, 0.717) is 6.54 Å². The van der Waals surface area contributed by atoms with Crippen LogP contribution in [0.5, 0.6) is 0 Å². The number of carbonyl (C=O) groups excluding carboxylic acids is 1. The lowest BCUT2D eigenvalue weighted by atomic mass is 9.64. The summed E-state index contributed by atoms with van der Waals surface area (Å²) in [5.41, 5.74) is 3.43. The van der Waals surface area contributed by atoms with Crippen LogP contribution in [-0.4, -0.2) is 25.7 Å². The molecule has 3 rings (SSSR count). The van der Waals surface area contributed by atoms with Crippen LogP contribution in [0.3, 0.4) is 0 Å². The number of anilines is 2. The summed E-state index contributed by atoms with van der Waals surface area (Å²) in [5, 5.41) is 6.02. The molecular weight excluding hydrogens is 322 g/mol. The van der Waals surface area contributed by atoms with Gasteiger partial charge < -0.3 is 15.5 Å². The van der Waals surface area contributed by atoms with E-state index in [1.54, 1.807) is 0 Å². The number of rotatable bonds is 7. The fourth-order valence-corrected chi connectivity index (χ4v) is 3.73. The lowest BCUT2D eigenvalue weighted by molar-refractivity contribution is 0.222. The quantitative estimate of drug-likeness (QED) is 0.754. The second kappa shape index (κ2) is 8.26. The van der Waals surface area contributed by atoms with Crippen molar-refractivity contribution in [1.29, 1.82) is 0 Å². The molecule has 1 saturated carbocycles. The number of carbonyl (C=O) groups is 1. The highest BCUT2D eigenvalue weighted by Crippen LogP contribution is 2.43. The molecule has 0 aromatic heterocycles. The van der Waals surface area contributed by atoms with Crippen molar-refractivity contribution in [3.8, 4) is 0 Å². The number of hydrogen-bond donors (Lipinski definition) is 2. The maximum Gasteiger partial charge on any atom is 0.319 e. The van der Waals surface area contributed by atoms with Gasteiger partial charge in [-0.2, -0.15) is 0 Å². The molecule has 2 aromatic carbocycles. The SMILES string of the molecule is CCN(CC)c1ccc(NC(=O)NCC2(c3ccccc3)CCC2)cc1. The Hall–Kier alpha value is -2.49. The molecule has 0 aliphatic heterocycles. The first-order valence-corrected chi connectivity index (χ1v) is 9.62. The fourth-order valence-electron chi connectivity index (χ4n) is 3.73. The Labute approximate surface area is 156 Å². The molecule has 2 aromatic rings. The highest BCUT2D eigenvalue weighted by atomic mass is 16.2. The molecule has 0 atom stereocenters. The molecule has 2 N–H and O–H groups in total. The standard InChI is InChI=1S/C22H29N3O/c1-3-25(4-2)20-13-11-19(12-14-20)24-21(26)23-17-22(15-8-16-22)18-9-6-5-7-10-18/h5-7,9-14H,3-4,8,15-17H2,1-2H3,(H2,23,24,26). The van der Waals surface area contributed by atoms with Crippen molar-refractivity contribution in [2.24, 2.45) is 0 Å². The summed E-state index contributed by atoms with van der Waals surface area (Å²) in [6.07, 6.45) is 3.50. The van der Waals surface area contributed by atoms with Crippen molar-refractivity contribution < 1.29 is 4.79 Å². The van der Waals surface area contributed by atoms with Crippen molar-refractivity contribution in [2.45, 2.75) is 38.5 Å². The molecule has 1 aliphatic carbocycles. The summed E-state index contributed by atoms with van der Waals surface area (Å²) in [4.78, 5) is 14.6. The summed E-state index contributed by atoms with van der Waals surface area (Å²) in [6, 6.07) is 18.4. The van der Waals surface area contributed by atoms with Crippen LogP contribution in [0.15, 0.2) is 54.6 Å². The third-order valence-electron chi connectivity index (χ3n) is 5.54. The van der Waals surface area contributed by atoms with E-state index in [0.717, 1.165) is 31.6 Å². The smallest absolute Gasteiger partial charge is 0.319 e. The molecule has 0 spiro atoms. The summed E-state index contributed by atoms with van der Waals surface area (Å²) < 4.78 is 0. The van der Waals surface area contributed by atoms with Gasteiger partial charge in [-0.25, -0.2) is 4.79 Å². The van der Waals surface area contributed by atoms with Gasteiger partial charge in [0.2, 0.25) is 0 Å². The van der Waals surface area contributed by atoms with Gasteiger partial charge in [0.15, 0.2) is 0 Å². The van der Waals surface area contributed by atoms with E-state index in [1.807, 2.05) is 18.2 Å². The maximum atomic E-state index is 12.3. The minimum absolute atomic E-state index is 0.102.